The number of carbonyl (C=O) groups is 1. The van der Waals surface area contributed by atoms with Gasteiger partial charge in [-0.2, -0.15) is 0 Å². The first-order valence-electron chi connectivity index (χ1n) is 12.6. The lowest BCUT2D eigenvalue weighted by molar-refractivity contribution is -0.137. The molecule has 180 valence electrons. The molecular weight excluding hydrogens is 446 g/mol. The zero-order valence-electron chi connectivity index (χ0n) is 19.9. The van der Waals surface area contributed by atoms with Crippen molar-refractivity contribution in [1.82, 2.24) is 14.0 Å². The van der Waals surface area contributed by atoms with E-state index in [0.717, 1.165) is 68.3 Å². The van der Waals surface area contributed by atoms with Gasteiger partial charge < -0.3 is 4.90 Å². The van der Waals surface area contributed by atoms with Gasteiger partial charge in [-0.25, -0.2) is 4.79 Å². The summed E-state index contributed by atoms with van der Waals surface area (Å²) in [5, 5.41) is 1.89. The van der Waals surface area contributed by atoms with E-state index in [2.05, 4.69) is 0 Å². The summed E-state index contributed by atoms with van der Waals surface area (Å²) < 4.78 is 3.84. The van der Waals surface area contributed by atoms with Gasteiger partial charge in [0.2, 0.25) is 5.91 Å². The van der Waals surface area contributed by atoms with E-state index in [0.29, 0.717) is 23.7 Å². The van der Waals surface area contributed by atoms with Crippen molar-refractivity contribution in [3.8, 4) is 0 Å². The lowest BCUT2D eigenvalue weighted by Crippen LogP contribution is -2.43. The minimum atomic E-state index is -0.231. The quantitative estimate of drug-likeness (QED) is 0.545. The standard InChI is InChI=1S/C27H33N3O3S/c1-19-7-3-4-8-22(19)18-29-23-13-16-34-24(23)26(32)30(27(29)33)17-20-9-11-21(12-10-20)25(31)28-14-5-2-6-15-28/h3-4,7-8,13,16,20-21H,2,5-6,9-12,14-15,17-18H2,1H3. The maximum absolute atomic E-state index is 13.5. The summed E-state index contributed by atoms with van der Waals surface area (Å²) in [5.41, 5.74) is 2.52. The van der Waals surface area contributed by atoms with Crippen molar-refractivity contribution in [3.63, 3.8) is 0 Å². The van der Waals surface area contributed by atoms with Crippen molar-refractivity contribution >= 4 is 27.5 Å². The van der Waals surface area contributed by atoms with E-state index in [1.165, 1.54) is 22.3 Å². The third kappa shape index (κ3) is 4.50. The van der Waals surface area contributed by atoms with Gasteiger partial charge in [0, 0.05) is 25.6 Å². The molecule has 7 heteroatoms. The predicted molar refractivity (Wildman–Crippen MR) is 137 cm³/mol. The Bertz CT molecular complexity index is 1290. The van der Waals surface area contributed by atoms with Gasteiger partial charge in [0.15, 0.2) is 0 Å². The van der Waals surface area contributed by atoms with Crippen molar-refractivity contribution in [3.05, 3.63) is 67.7 Å². The number of fused-ring (bicyclic) bond motifs is 1. The minimum absolute atomic E-state index is 0.101. The Kier molecular flexibility index (Phi) is 6.73. The molecule has 2 aliphatic rings. The molecule has 0 bridgehead atoms. The van der Waals surface area contributed by atoms with Gasteiger partial charge in [-0.1, -0.05) is 24.3 Å². The van der Waals surface area contributed by atoms with Crippen LogP contribution >= 0.6 is 11.3 Å². The number of hydrogen-bond donors (Lipinski definition) is 0. The first kappa shape index (κ1) is 23.1. The van der Waals surface area contributed by atoms with Crippen LogP contribution in [0.25, 0.3) is 10.2 Å². The van der Waals surface area contributed by atoms with Crippen LogP contribution in [0.5, 0.6) is 0 Å². The number of carbonyl (C=O) groups excluding carboxylic acids is 1. The average Bonchev–Trinajstić information content (AvgIpc) is 3.36. The number of thiophene rings is 1. The third-order valence-corrected chi connectivity index (χ3v) is 8.62. The molecule has 1 aromatic carbocycles. The topological polar surface area (TPSA) is 64.3 Å². The zero-order valence-corrected chi connectivity index (χ0v) is 20.7. The first-order chi connectivity index (χ1) is 16.5. The smallest absolute Gasteiger partial charge is 0.331 e. The predicted octanol–water partition coefficient (Wildman–Crippen LogP) is 4.40. The van der Waals surface area contributed by atoms with Crippen molar-refractivity contribution < 1.29 is 4.79 Å². The van der Waals surface area contributed by atoms with Crippen molar-refractivity contribution in [1.29, 1.82) is 0 Å². The van der Waals surface area contributed by atoms with Crippen LogP contribution in [0.4, 0.5) is 0 Å². The number of likely N-dealkylation sites (tertiary alicyclic amines) is 1. The molecule has 1 saturated heterocycles. The summed E-state index contributed by atoms with van der Waals surface area (Å²) in [6, 6.07) is 9.94. The first-order valence-corrected chi connectivity index (χ1v) is 13.4. The minimum Gasteiger partial charge on any atom is -0.342 e. The lowest BCUT2D eigenvalue weighted by atomic mass is 9.81. The van der Waals surface area contributed by atoms with Gasteiger partial charge in [-0.05, 0) is 80.4 Å². The molecule has 34 heavy (non-hydrogen) atoms. The van der Waals surface area contributed by atoms with E-state index < -0.39 is 0 Å². The van der Waals surface area contributed by atoms with Crippen LogP contribution < -0.4 is 11.2 Å². The maximum Gasteiger partial charge on any atom is 0.331 e. The second-order valence-corrected chi connectivity index (χ2v) is 10.9. The van der Waals surface area contributed by atoms with Gasteiger partial charge in [-0.15, -0.1) is 11.3 Å². The van der Waals surface area contributed by atoms with Gasteiger partial charge in [0.1, 0.15) is 4.70 Å². The lowest BCUT2D eigenvalue weighted by Gasteiger charge is -2.34. The summed E-state index contributed by atoms with van der Waals surface area (Å²) in [7, 11) is 0. The molecule has 2 aromatic heterocycles. The zero-order chi connectivity index (χ0) is 23.7. The van der Waals surface area contributed by atoms with Gasteiger partial charge >= 0.3 is 5.69 Å². The van der Waals surface area contributed by atoms with E-state index >= 15 is 0 Å². The molecule has 1 saturated carbocycles. The Hall–Kier alpha value is -2.67. The van der Waals surface area contributed by atoms with Crippen LogP contribution in [0.15, 0.2) is 45.3 Å². The number of nitrogens with zero attached hydrogens (tertiary/aromatic N) is 3. The van der Waals surface area contributed by atoms with Crippen LogP contribution in [-0.4, -0.2) is 33.0 Å². The van der Waals surface area contributed by atoms with Gasteiger partial charge in [0.25, 0.3) is 5.56 Å². The number of amides is 1. The molecule has 0 spiro atoms. The molecule has 1 aliphatic heterocycles. The third-order valence-electron chi connectivity index (χ3n) is 7.73. The van der Waals surface area contributed by atoms with Gasteiger partial charge in [0.05, 0.1) is 12.1 Å². The number of benzene rings is 1. The average molecular weight is 480 g/mol. The SMILES string of the molecule is Cc1ccccc1Cn1c(=O)n(CC2CCC(C(=O)N3CCCCC3)CC2)c(=O)c2sccc21. The normalized spacial score (nSPS) is 21.1. The van der Waals surface area contributed by atoms with Crippen molar-refractivity contribution in [2.24, 2.45) is 11.8 Å². The Labute approximate surface area is 203 Å². The molecule has 0 unspecified atom stereocenters. The maximum atomic E-state index is 13.5. The van der Waals surface area contributed by atoms with Gasteiger partial charge in [-0.3, -0.25) is 18.7 Å². The highest BCUT2D eigenvalue weighted by Gasteiger charge is 2.30. The number of aryl methyl sites for hydroxylation is 1. The highest BCUT2D eigenvalue weighted by molar-refractivity contribution is 7.17. The van der Waals surface area contributed by atoms with E-state index in [9.17, 15) is 14.4 Å². The molecule has 1 amide bonds. The highest BCUT2D eigenvalue weighted by atomic mass is 32.1. The molecule has 0 atom stereocenters. The Balaban J connectivity index is 1.35. The molecule has 2 fully saturated rings. The Morgan fingerprint density at radius 1 is 0.971 bits per heavy atom. The number of aromatic nitrogens is 2. The van der Waals surface area contributed by atoms with Crippen LogP contribution in [0.1, 0.15) is 56.1 Å². The van der Waals surface area contributed by atoms with Crippen molar-refractivity contribution in [2.75, 3.05) is 13.1 Å². The largest absolute Gasteiger partial charge is 0.342 e. The molecular formula is C27H33N3O3S. The number of hydrogen-bond acceptors (Lipinski definition) is 4. The molecule has 0 radical (unpaired) electrons. The molecule has 3 heterocycles. The molecule has 1 aliphatic carbocycles. The number of rotatable bonds is 5. The summed E-state index contributed by atoms with van der Waals surface area (Å²) >= 11 is 1.40. The van der Waals surface area contributed by atoms with Crippen LogP contribution in [0.3, 0.4) is 0 Å². The van der Waals surface area contributed by atoms with E-state index in [1.807, 2.05) is 47.5 Å². The fourth-order valence-corrected chi connectivity index (χ4v) is 6.47. The highest BCUT2D eigenvalue weighted by Crippen LogP contribution is 2.31. The van der Waals surface area contributed by atoms with E-state index in [1.54, 1.807) is 4.57 Å². The summed E-state index contributed by atoms with van der Waals surface area (Å²) in [5.74, 6) is 0.666. The Morgan fingerprint density at radius 2 is 1.71 bits per heavy atom. The second kappa shape index (κ2) is 9.90. The molecule has 3 aromatic rings. The monoisotopic (exact) mass is 479 g/mol. The Morgan fingerprint density at radius 3 is 2.44 bits per heavy atom. The van der Waals surface area contributed by atoms with Crippen LogP contribution in [0.2, 0.25) is 0 Å². The summed E-state index contributed by atoms with van der Waals surface area (Å²) in [4.78, 5) is 41.7. The van der Waals surface area contributed by atoms with E-state index in [-0.39, 0.29) is 23.1 Å². The summed E-state index contributed by atoms with van der Waals surface area (Å²) in [6.45, 7) is 4.73. The molecule has 5 rings (SSSR count). The van der Waals surface area contributed by atoms with Crippen molar-refractivity contribution in [2.45, 2.75) is 65.0 Å². The molecule has 6 nitrogen and oxygen atoms in total. The molecule has 0 N–H and O–H groups in total. The number of piperidine rings is 1. The fraction of sp³-hybridized carbons (Fsp3) is 0.519. The van der Waals surface area contributed by atoms with Crippen LogP contribution in [0, 0.1) is 18.8 Å². The van der Waals surface area contributed by atoms with Crippen LogP contribution in [-0.2, 0) is 17.9 Å². The summed E-state index contributed by atoms with van der Waals surface area (Å²) in [6.07, 6.45) is 6.93. The fourth-order valence-electron chi connectivity index (χ4n) is 5.63. The van der Waals surface area contributed by atoms with E-state index in [4.69, 9.17) is 0 Å². The second-order valence-electron chi connectivity index (χ2n) is 9.95.